The summed E-state index contributed by atoms with van der Waals surface area (Å²) in [7, 11) is 2.27. The van der Waals surface area contributed by atoms with Gasteiger partial charge in [-0.3, -0.25) is 4.98 Å². The minimum atomic E-state index is 0.738. The molecule has 0 radical (unpaired) electrons. The Bertz CT molecular complexity index is 379. The van der Waals surface area contributed by atoms with E-state index in [9.17, 15) is 0 Å². The quantitative estimate of drug-likeness (QED) is 0.797. The zero-order valence-corrected chi connectivity index (χ0v) is 13.7. The maximum absolute atomic E-state index is 4.08. The fourth-order valence-corrected chi connectivity index (χ4v) is 3.39. The molecule has 1 fully saturated rings. The van der Waals surface area contributed by atoms with Gasteiger partial charge in [-0.25, -0.2) is 0 Å². The van der Waals surface area contributed by atoms with Gasteiger partial charge < -0.3 is 10.2 Å². The minimum Gasteiger partial charge on any atom is -0.314 e. The molecule has 0 bridgehead atoms. The highest BCUT2D eigenvalue weighted by molar-refractivity contribution is 5.09. The van der Waals surface area contributed by atoms with Crippen LogP contribution in [0.3, 0.4) is 0 Å². The van der Waals surface area contributed by atoms with Crippen molar-refractivity contribution >= 4 is 0 Å². The van der Waals surface area contributed by atoms with Crippen molar-refractivity contribution in [3.05, 3.63) is 30.1 Å². The van der Waals surface area contributed by atoms with Gasteiger partial charge in [-0.1, -0.05) is 19.8 Å². The summed E-state index contributed by atoms with van der Waals surface area (Å²) < 4.78 is 0. The summed E-state index contributed by atoms with van der Waals surface area (Å²) in [5, 5.41) is 3.77. The van der Waals surface area contributed by atoms with Crippen LogP contribution >= 0.6 is 0 Å². The van der Waals surface area contributed by atoms with Crippen molar-refractivity contribution in [2.45, 2.75) is 51.5 Å². The van der Waals surface area contributed by atoms with Crippen molar-refractivity contribution in [2.24, 2.45) is 5.92 Å². The first-order valence-electron chi connectivity index (χ1n) is 8.60. The Morgan fingerprint density at radius 2 is 2.00 bits per heavy atom. The Kier molecular flexibility index (Phi) is 7.17. The summed E-state index contributed by atoms with van der Waals surface area (Å²) in [6, 6.07) is 4.99. The highest BCUT2D eigenvalue weighted by Crippen LogP contribution is 2.25. The fraction of sp³-hybridized carbons (Fsp3) is 0.722. The predicted molar refractivity (Wildman–Crippen MR) is 89.5 cm³/mol. The lowest BCUT2D eigenvalue weighted by Crippen LogP contribution is -2.44. The molecule has 3 nitrogen and oxygen atoms in total. The van der Waals surface area contributed by atoms with Gasteiger partial charge in [-0.15, -0.1) is 0 Å². The van der Waals surface area contributed by atoms with Gasteiger partial charge in [0.1, 0.15) is 0 Å². The lowest BCUT2D eigenvalue weighted by Gasteiger charge is -2.35. The molecule has 1 N–H and O–H groups in total. The molecule has 0 aromatic carbocycles. The largest absolute Gasteiger partial charge is 0.314 e. The molecule has 1 heterocycles. The van der Waals surface area contributed by atoms with Crippen LogP contribution in [0.25, 0.3) is 0 Å². The number of aromatic nitrogens is 1. The maximum Gasteiger partial charge on any atom is 0.0270 e. The van der Waals surface area contributed by atoms with Crippen LogP contribution in [0.4, 0.5) is 0 Å². The van der Waals surface area contributed by atoms with Gasteiger partial charge in [-0.2, -0.15) is 0 Å². The van der Waals surface area contributed by atoms with E-state index in [2.05, 4.69) is 41.3 Å². The SMILES string of the molecule is CCCNC1CCCCC1CN(C)CCc1ccncc1. The van der Waals surface area contributed by atoms with Gasteiger partial charge in [-0.05, 0) is 62.9 Å². The Balaban J connectivity index is 1.75. The van der Waals surface area contributed by atoms with Crippen LogP contribution in [0.15, 0.2) is 24.5 Å². The summed E-state index contributed by atoms with van der Waals surface area (Å²) in [5.41, 5.74) is 1.39. The summed E-state index contributed by atoms with van der Waals surface area (Å²) >= 11 is 0. The molecule has 21 heavy (non-hydrogen) atoms. The van der Waals surface area contributed by atoms with Crippen molar-refractivity contribution in [1.29, 1.82) is 0 Å². The van der Waals surface area contributed by atoms with Crippen molar-refractivity contribution in [1.82, 2.24) is 15.2 Å². The molecule has 1 aromatic rings. The lowest BCUT2D eigenvalue weighted by atomic mass is 9.84. The van der Waals surface area contributed by atoms with E-state index < -0.39 is 0 Å². The van der Waals surface area contributed by atoms with E-state index in [-0.39, 0.29) is 0 Å². The Hall–Kier alpha value is -0.930. The minimum absolute atomic E-state index is 0.738. The van der Waals surface area contributed by atoms with Crippen molar-refractivity contribution < 1.29 is 0 Å². The number of hydrogen-bond donors (Lipinski definition) is 1. The van der Waals surface area contributed by atoms with Gasteiger partial charge >= 0.3 is 0 Å². The van der Waals surface area contributed by atoms with E-state index >= 15 is 0 Å². The highest BCUT2D eigenvalue weighted by atomic mass is 15.1. The molecule has 2 unspecified atom stereocenters. The Morgan fingerprint density at radius 3 is 2.76 bits per heavy atom. The van der Waals surface area contributed by atoms with Gasteiger partial charge in [0.05, 0.1) is 0 Å². The average molecular weight is 289 g/mol. The van der Waals surface area contributed by atoms with Crippen LogP contribution in [0, 0.1) is 5.92 Å². The van der Waals surface area contributed by atoms with Crippen LogP contribution in [0.2, 0.25) is 0 Å². The second-order valence-corrected chi connectivity index (χ2v) is 6.47. The van der Waals surface area contributed by atoms with Crippen molar-refractivity contribution in [2.75, 3.05) is 26.7 Å². The first kappa shape index (κ1) is 16.4. The van der Waals surface area contributed by atoms with E-state index in [4.69, 9.17) is 0 Å². The monoisotopic (exact) mass is 289 g/mol. The number of nitrogens with one attached hydrogen (secondary N) is 1. The molecular formula is C18H31N3. The second-order valence-electron chi connectivity index (χ2n) is 6.47. The van der Waals surface area contributed by atoms with Crippen LogP contribution in [0.1, 0.15) is 44.6 Å². The molecule has 3 heteroatoms. The summed E-state index contributed by atoms with van der Waals surface area (Å²) in [5.74, 6) is 0.827. The zero-order chi connectivity index (χ0) is 14.9. The summed E-state index contributed by atoms with van der Waals surface area (Å²) in [6.45, 7) is 5.79. The molecule has 2 rings (SSSR count). The van der Waals surface area contributed by atoms with E-state index in [0.717, 1.165) is 24.9 Å². The zero-order valence-electron chi connectivity index (χ0n) is 13.7. The normalized spacial score (nSPS) is 22.6. The van der Waals surface area contributed by atoms with Gasteiger partial charge in [0.2, 0.25) is 0 Å². The van der Waals surface area contributed by atoms with Crippen molar-refractivity contribution in [3.63, 3.8) is 0 Å². The first-order chi connectivity index (χ1) is 10.3. The smallest absolute Gasteiger partial charge is 0.0270 e. The average Bonchev–Trinajstić information content (AvgIpc) is 2.53. The molecule has 1 saturated carbocycles. The standard InChI is InChI=1S/C18H31N3/c1-3-11-20-18-7-5-4-6-17(18)15-21(2)14-10-16-8-12-19-13-9-16/h8-9,12-13,17-18,20H,3-7,10-11,14-15H2,1-2H3. The second kappa shape index (κ2) is 9.16. The highest BCUT2D eigenvalue weighted by Gasteiger charge is 2.25. The van der Waals surface area contributed by atoms with Crippen LogP contribution in [-0.4, -0.2) is 42.6 Å². The number of pyridine rings is 1. The fourth-order valence-electron chi connectivity index (χ4n) is 3.39. The third-order valence-corrected chi connectivity index (χ3v) is 4.64. The maximum atomic E-state index is 4.08. The third-order valence-electron chi connectivity index (χ3n) is 4.64. The molecule has 0 amide bonds. The van der Waals surface area contributed by atoms with Crippen LogP contribution in [-0.2, 0) is 6.42 Å². The molecule has 0 aliphatic heterocycles. The topological polar surface area (TPSA) is 28.2 Å². The molecular weight excluding hydrogens is 258 g/mol. The first-order valence-corrected chi connectivity index (χ1v) is 8.60. The van der Waals surface area contributed by atoms with Gasteiger partial charge in [0.25, 0.3) is 0 Å². The van der Waals surface area contributed by atoms with Crippen LogP contribution < -0.4 is 5.32 Å². The van der Waals surface area contributed by atoms with E-state index in [1.807, 2.05) is 12.4 Å². The van der Waals surface area contributed by atoms with Gasteiger partial charge in [0.15, 0.2) is 0 Å². The molecule has 2 atom stereocenters. The molecule has 1 aromatic heterocycles. The number of rotatable bonds is 8. The Morgan fingerprint density at radius 1 is 1.24 bits per heavy atom. The molecule has 0 spiro atoms. The molecule has 1 aliphatic rings. The van der Waals surface area contributed by atoms with E-state index in [1.165, 1.54) is 50.8 Å². The molecule has 118 valence electrons. The Labute approximate surface area is 130 Å². The van der Waals surface area contributed by atoms with E-state index in [1.54, 1.807) is 0 Å². The lowest BCUT2D eigenvalue weighted by molar-refractivity contribution is 0.190. The molecule has 1 aliphatic carbocycles. The van der Waals surface area contributed by atoms with Gasteiger partial charge in [0, 0.05) is 31.5 Å². The number of likely N-dealkylation sites (N-methyl/N-ethyl adjacent to an activating group) is 1. The van der Waals surface area contributed by atoms with Crippen molar-refractivity contribution in [3.8, 4) is 0 Å². The summed E-state index contributed by atoms with van der Waals surface area (Å²) in [6.07, 6.45) is 11.7. The molecule has 0 saturated heterocycles. The van der Waals surface area contributed by atoms with Crippen LogP contribution in [0.5, 0.6) is 0 Å². The number of hydrogen-bond acceptors (Lipinski definition) is 3. The number of nitrogens with zero attached hydrogens (tertiary/aromatic N) is 2. The third kappa shape index (κ3) is 5.76. The van der Waals surface area contributed by atoms with E-state index in [0.29, 0.717) is 0 Å². The predicted octanol–water partition coefficient (Wildman–Crippen LogP) is 3.11. The summed E-state index contributed by atoms with van der Waals surface area (Å²) in [4.78, 5) is 6.59.